The molecule has 0 aromatic carbocycles. The fraction of sp³-hybridized carbons (Fsp3) is 0.364. The van der Waals surface area contributed by atoms with Crippen LogP contribution in [0.3, 0.4) is 0 Å². The predicted molar refractivity (Wildman–Crippen MR) is 71.8 cm³/mol. The maximum atomic E-state index is 5.36. The topological polar surface area (TPSA) is 103 Å². The Bertz CT molecular complexity index is 540. The van der Waals surface area contributed by atoms with Crippen molar-refractivity contribution in [2.24, 2.45) is 12.9 Å². The Morgan fingerprint density at radius 1 is 1.37 bits per heavy atom. The number of methoxy groups -OCH3 is 1. The molecule has 0 atom stereocenters. The molecule has 2 aromatic heterocycles. The first-order valence-electron chi connectivity index (χ1n) is 5.82. The first-order chi connectivity index (χ1) is 9.26. The molecule has 2 rings (SSSR count). The number of nitrogen functional groups attached to an aromatic ring is 1. The van der Waals surface area contributed by atoms with Gasteiger partial charge in [0.25, 0.3) is 0 Å². The minimum absolute atomic E-state index is 0.445. The largest absolute Gasteiger partial charge is 0.490 e. The quantitative estimate of drug-likeness (QED) is 0.504. The van der Waals surface area contributed by atoms with E-state index in [4.69, 9.17) is 10.6 Å². The second-order valence-electron chi connectivity index (χ2n) is 3.87. The summed E-state index contributed by atoms with van der Waals surface area (Å²) in [5.41, 5.74) is 3.61. The molecular weight excluding hydrogens is 246 g/mol. The van der Waals surface area contributed by atoms with Gasteiger partial charge in [-0.15, -0.1) is 0 Å². The fourth-order valence-electron chi connectivity index (χ4n) is 1.75. The lowest BCUT2D eigenvalue weighted by Gasteiger charge is -2.12. The van der Waals surface area contributed by atoms with Gasteiger partial charge in [0.1, 0.15) is 6.33 Å². The fourth-order valence-corrected chi connectivity index (χ4v) is 1.75. The molecule has 19 heavy (non-hydrogen) atoms. The van der Waals surface area contributed by atoms with Gasteiger partial charge in [0.2, 0.25) is 5.75 Å². The van der Waals surface area contributed by atoms with Crippen LogP contribution in [0.2, 0.25) is 0 Å². The zero-order valence-electron chi connectivity index (χ0n) is 10.9. The van der Waals surface area contributed by atoms with E-state index in [1.54, 1.807) is 13.3 Å². The van der Waals surface area contributed by atoms with Crippen LogP contribution in [0.25, 0.3) is 0 Å². The SMILES string of the molecule is COc1c(NN)ncnc1NCCc1ccnn1C. The molecule has 0 aliphatic carbocycles. The molecule has 0 saturated heterocycles. The predicted octanol–water partition coefficient (Wildman–Crippen LogP) is 0.159. The highest BCUT2D eigenvalue weighted by atomic mass is 16.5. The number of nitrogens with one attached hydrogen (secondary N) is 2. The zero-order chi connectivity index (χ0) is 13.7. The average Bonchev–Trinajstić information content (AvgIpc) is 2.84. The molecule has 0 spiro atoms. The van der Waals surface area contributed by atoms with Gasteiger partial charge in [-0.1, -0.05) is 0 Å². The lowest BCUT2D eigenvalue weighted by molar-refractivity contribution is 0.414. The summed E-state index contributed by atoms with van der Waals surface area (Å²) in [6.07, 6.45) is 4.02. The van der Waals surface area contributed by atoms with Crippen LogP contribution < -0.4 is 21.3 Å². The number of aromatic nitrogens is 4. The number of ether oxygens (including phenoxy) is 1. The van der Waals surface area contributed by atoms with Gasteiger partial charge in [-0.25, -0.2) is 15.8 Å². The zero-order valence-corrected chi connectivity index (χ0v) is 10.9. The third-order valence-electron chi connectivity index (χ3n) is 2.74. The van der Waals surface area contributed by atoms with Gasteiger partial charge in [0.05, 0.1) is 7.11 Å². The number of rotatable bonds is 6. The van der Waals surface area contributed by atoms with E-state index in [1.165, 1.54) is 6.33 Å². The molecular formula is C11H17N7O. The minimum Gasteiger partial charge on any atom is -0.490 e. The lowest BCUT2D eigenvalue weighted by atomic mass is 10.3. The van der Waals surface area contributed by atoms with Crippen LogP contribution in [0, 0.1) is 0 Å². The third kappa shape index (κ3) is 2.91. The van der Waals surface area contributed by atoms with Crippen molar-refractivity contribution in [2.45, 2.75) is 6.42 Å². The van der Waals surface area contributed by atoms with Gasteiger partial charge in [0.15, 0.2) is 11.6 Å². The van der Waals surface area contributed by atoms with E-state index in [0.29, 0.717) is 23.9 Å². The van der Waals surface area contributed by atoms with E-state index < -0.39 is 0 Å². The second-order valence-corrected chi connectivity index (χ2v) is 3.87. The molecule has 0 fully saturated rings. The van der Waals surface area contributed by atoms with Crippen molar-refractivity contribution >= 4 is 11.6 Å². The number of nitrogens with two attached hydrogens (primary N) is 1. The van der Waals surface area contributed by atoms with Gasteiger partial charge in [-0.3, -0.25) is 4.68 Å². The van der Waals surface area contributed by atoms with E-state index in [-0.39, 0.29) is 0 Å². The summed E-state index contributed by atoms with van der Waals surface area (Å²) in [7, 11) is 3.46. The maximum Gasteiger partial charge on any atom is 0.205 e. The van der Waals surface area contributed by atoms with Crippen molar-refractivity contribution in [1.29, 1.82) is 0 Å². The normalized spacial score (nSPS) is 10.3. The number of hydrogen-bond donors (Lipinski definition) is 3. The number of hydrogen-bond acceptors (Lipinski definition) is 7. The summed E-state index contributed by atoms with van der Waals surface area (Å²) in [5.74, 6) is 6.91. The van der Waals surface area contributed by atoms with Crippen LogP contribution >= 0.6 is 0 Å². The molecule has 0 aliphatic rings. The molecule has 2 heterocycles. The highest BCUT2D eigenvalue weighted by molar-refractivity contribution is 5.62. The molecule has 8 heteroatoms. The van der Waals surface area contributed by atoms with E-state index in [0.717, 1.165) is 12.1 Å². The molecule has 0 saturated carbocycles. The summed E-state index contributed by atoms with van der Waals surface area (Å²) in [6, 6.07) is 1.98. The van der Waals surface area contributed by atoms with E-state index in [2.05, 4.69) is 25.8 Å². The van der Waals surface area contributed by atoms with Crippen molar-refractivity contribution in [2.75, 3.05) is 24.4 Å². The molecule has 0 amide bonds. The van der Waals surface area contributed by atoms with Gasteiger partial charge < -0.3 is 15.5 Å². The molecule has 2 aromatic rings. The molecule has 4 N–H and O–H groups in total. The van der Waals surface area contributed by atoms with Crippen LogP contribution in [-0.2, 0) is 13.5 Å². The van der Waals surface area contributed by atoms with Crippen LogP contribution in [-0.4, -0.2) is 33.4 Å². The summed E-state index contributed by atoms with van der Waals surface area (Å²) in [5, 5.41) is 7.31. The highest BCUT2D eigenvalue weighted by Crippen LogP contribution is 2.27. The Hall–Kier alpha value is -2.35. The second kappa shape index (κ2) is 6.01. The standard InChI is InChI=1S/C11H17N7O/c1-18-8(4-6-16-18)3-5-13-10-9(19-2)11(17-12)15-7-14-10/h4,6-7H,3,5,12H2,1-2H3,(H2,13,14,15,17). The van der Waals surface area contributed by atoms with Crippen molar-refractivity contribution in [3.63, 3.8) is 0 Å². The molecule has 0 unspecified atom stereocenters. The van der Waals surface area contributed by atoms with Gasteiger partial charge in [0, 0.05) is 31.9 Å². The van der Waals surface area contributed by atoms with Gasteiger partial charge in [-0.2, -0.15) is 5.10 Å². The Kier molecular flexibility index (Phi) is 4.14. The molecule has 0 bridgehead atoms. The molecule has 8 nitrogen and oxygen atoms in total. The molecule has 0 aliphatic heterocycles. The van der Waals surface area contributed by atoms with Crippen LogP contribution in [0.15, 0.2) is 18.6 Å². The van der Waals surface area contributed by atoms with Crippen LogP contribution in [0.4, 0.5) is 11.6 Å². The summed E-state index contributed by atoms with van der Waals surface area (Å²) < 4.78 is 7.07. The van der Waals surface area contributed by atoms with Crippen LogP contribution in [0.5, 0.6) is 5.75 Å². The van der Waals surface area contributed by atoms with Gasteiger partial charge in [-0.05, 0) is 6.07 Å². The number of hydrazine groups is 1. The van der Waals surface area contributed by atoms with Crippen LogP contribution in [0.1, 0.15) is 5.69 Å². The van der Waals surface area contributed by atoms with Gasteiger partial charge >= 0.3 is 0 Å². The Morgan fingerprint density at radius 2 is 2.16 bits per heavy atom. The summed E-state index contributed by atoms with van der Waals surface area (Å²) in [6.45, 7) is 0.705. The van der Waals surface area contributed by atoms with E-state index in [9.17, 15) is 0 Å². The number of aryl methyl sites for hydroxylation is 1. The smallest absolute Gasteiger partial charge is 0.205 e. The monoisotopic (exact) mass is 263 g/mol. The summed E-state index contributed by atoms with van der Waals surface area (Å²) >= 11 is 0. The first kappa shape index (κ1) is 13.1. The number of nitrogens with zero attached hydrogens (tertiary/aromatic N) is 4. The maximum absolute atomic E-state index is 5.36. The number of anilines is 2. The molecule has 102 valence electrons. The van der Waals surface area contributed by atoms with Crippen molar-refractivity contribution in [3.8, 4) is 5.75 Å². The Morgan fingerprint density at radius 3 is 2.79 bits per heavy atom. The highest BCUT2D eigenvalue weighted by Gasteiger charge is 2.10. The molecule has 0 radical (unpaired) electrons. The Balaban J connectivity index is 2.01. The average molecular weight is 263 g/mol. The van der Waals surface area contributed by atoms with Crippen molar-refractivity contribution in [3.05, 3.63) is 24.3 Å². The van der Waals surface area contributed by atoms with Crippen molar-refractivity contribution < 1.29 is 4.74 Å². The lowest BCUT2D eigenvalue weighted by Crippen LogP contribution is -2.14. The Labute approximate surface area is 111 Å². The first-order valence-corrected chi connectivity index (χ1v) is 5.82. The van der Waals surface area contributed by atoms with Crippen molar-refractivity contribution in [1.82, 2.24) is 19.7 Å². The third-order valence-corrected chi connectivity index (χ3v) is 2.74. The van der Waals surface area contributed by atoms with E-state index in [1.807, 2.05) is 17.8 Å². The summed E-state index contributed by atoms with van der Waals surface area (Å²) in [4.78, 5) is 8.11. The van der Waals surface area contributed by atoms with E-state index >= 15 is 0 Å². The minimum atomic E-state index is 0.445.